The van der Waals surface area contributed by atoms with Gasteiger partial charge < -0.3 is 0 Å². The second-order valence-electron chi connectivity index (χ2n) is 10.1. The Morgan fingerprint density at radius 3 is 1.79 bits per heavy atom. The van der Waals surface area contributed by atoms with Crippen molar-refractivity contribution in [3.63, 3.8) is 0 Å². The summed E-state index contributed by atoms with van der Waals surface area (Å²) in [4.78, 5) is 0. The van der Waals surface area contributed by atoms with Gasteiger partial charge in [-0.2, -0.15) is 6.07 Å². The molecule has 0 fully saturated rings. The Balaban J connectivity index is 0.000000941. The molecule has 0 spiro atoms. The summed E-state index contributed by atoms with van der Waals surface area (Å²) in [5.41, 5.74) is 7.22. The quantitative estimate of drug-likeness (QED) is 0.303. The summed E-state index contributed by atoms with van der Waals surface area (Å²) in [6.07, 6.45) is 0. The summed E-state index contributed by atoms with van der Waals surface area (Å²) < 4.78 is 0. The van der Waals surface area contributed by atoms with Gasteiger partial charge in [-0.1, -0.05) is 85.2 Å². The minimum atomic E-state index is -0.826. The molecule has 0 aliphatic carbocycles. The van der Waals surface area contributed by atoms with Crippen molar-refractivity contribution in [2.24, 2.45) is 0 Å². The monoisotopic (exact) mass is 505 g/mol. The Kier molecular flexibility index (Phi) is 8.34. The van der Waals surface area contributed by atoms with Crippen molar-refractivity contribution in [1.82, 2.24) is 0 Å². The Morgan fingerprint density at radius 1 is 0.828 bits per heavy atom. The van der Waals surface area contributed by atoms with E-state index in [2.05, 4.69) is 104 Å². The number of hydrogen-bond acceptors (Lipinski definition) is 0. The molecular formula is C26H33Cl2Zr-. The molecular weight excluding hydrogens is 474 g/mol. The minimum absolute atomic E-state index is 0.138. The van der Waals surface area contributed by atoms with E-state index in [-0.39, 0.29) is 10.8 Å². The molecule has 0 radical (unpaired) electrons. The summed E-state index contributed by atoms with van der Waals surface area (Å²) in [5, 5.41) is 2.73. The normalized spacial score (nSPS) is 12.1. The van der Waals surface area contributed by atoms with Gasteiger partial charge in [-0.25, -0.2) is 0 Å². The van der Waals surface area contributed by atoms with Gasteiger partial charge in [0.2, 0.25) is 0 Å². The third-order valence-electron chi connectivity index (χ3n) is 5.42. The molecule has 0 aliphatic rings. The van der Waals surface area contributed by atoms with Crippen LogP contribution in [0.3, 0.4) is 0 Å². The van der Waals surface area contributed by atoms with Gasteiger partial charge in [-0.15, -0.1) is 34.5 Å². The second-order valence-corrected chi connectivity index (χ2v) is 13.9. The Morgan fingerprint density at radius 2 is 1.34 bits per heavy atom. The van der Waals surface area contributed by atoms with Gasteiger partial charge >= 0.3 is 37.9 Å². The van der Waals surface area contributed by atoms with Crippen LogP contribution in [0.5, 0.6) is 0 Å². The van der Waals surface area contributed by atoms with Gasteiger partial charge in [0.15, 0.2) is 0 Å². The van der Waals surface area contributed by atoms with Crippen LogP contribution < -0.4 is 0 Å². The fourth-order valence-corrected chi connectivity index (χ4v) is 3.49. The van der Waals surface area contributed by atoms with E-state index in [4.69, 9.17) is 17.0 Å². The van der Waals surface area contributed by atoms with Crippen LogP contribution in [0.4, 0.5) is 0 Å². The molecule has 3 aromatic carbocycles. The van der Waals surface area contributed by atoms with Crippen LogP contribution in [0.2, 0.25) is 0 Å². The average Bonchev–Trinajstić information content (AvgIpc) is 3.05. The van der Waals surface area contributed by atoms with Crippen molar-refractivity contribution in [3.8, 4) is 11.1 Å². The van der Waals surface area contributed by atoms with Crippen LogP contribution >= 0.6 is 17.0 Å². The molecule has 0 saturated heterocycles. The van der Waals surface area contributed by atoms with E-state index >= 15 is 0 Å². The average molecular weight is 508 g/mol. The van der Waals surface area contributed by atoms with Crippen LogP contribution in [-0.4, -0.2) is 0 Å². The van der Waals surface area contributed by atoms with Crippen molar-refractivity contribution in [2.45, 2.75) is 72.1 Å². The van der Waals surface area contributed by atoms with Gasteiger partial charge in [0.05, 0.1) is 0 Å². The molecule has 0 amide bonds. The summed E-state index contributed by atoms with van der Waals surface area (Å²) in [6, 6.07) is 18.6. The first-order valence-corrected chi connectivity index (χ1v) is 16.5. The zero-order valence-corrected chi connectivity index (χ0v) is 22.9. The molecule has 0 N–H and O–H groups in total. The predicted octanol–water partition coefficient (Wildman–Crippen LogP) is 9.32. The van der Waals surface area contributed by atoms with Crippen LogP contribution in [0, 0.1) is 0 Å². The molecule has 3 rings (SSSR count). The van der Waals surface area contributed by atoms with E-state index in [0.717, 1.165) is 0 Å². The second kappa shape index (κ2) is 9.76. The molecule has 0 saturated carbocycles. The maximum absolute atomic E-state index is 4.93. The van der Waals surface area contributed by atoms with E-state index in [0.29, 0.717) is 5.92 Å². The third-order valence-corrected chi connectivity index (χ3v) is 5.42. The summed E-state index contributed by atoms with van der Waals surface area (Å²) >= 11 is -0.826. The van der Waals surface area contributed by atoms with E-state index in [1.165, 1.54) is 38.6 Å². The molecule has 156 valence electrons. The molecule has 0 unspecified atom stereocenters. The molecule has 3 aromatic rings. The number of rotatable bonds is 2. The predicted molar refractivity (Wildman–Crippen MR) is 128 cm³/mol. The van der Waals surface area contributed by atoms with Gasteiger partial charge in [-0.05, 0) is 33.4 Å². The summed E-state index contributed by atoms with van der Waals surface area (Å²) in [7, 11) is 9.87. The van der Waals surface area contributed by atoms with E-state index in [9.17, 15) is 0 Å². The Bertz CT molecular complexity index is 921. The molecule has 0 bridgehead atoms. The van der Waals surface area contributed by atoms with Crippen molar-refractivity contribution in [2.75, 3.05) is 0 Å². The topological polar surface area (TPSA) is 0 Å². The molecule has 3 heteroatoms. The Hall–Kier alpha value is -0.487. The third kappa shape index (κ3) is 6.25. The summed E-state index contributed by atoms with van der Waals surface area (Å²) in [6.45, 7) is 18.4. The van der Waals surface area contributed by atoms with Crippen LogP contribution in [0.15, 0.2) is 48.5 Å². The number of benzene rings is 2. The fourth-order valence-electron chi connectivity index (χ4n) is 3.49. The SMILES string of the molecule is CC(C)c1cc2c(-c3cc(C(C)(C)C)cc(C(C)(C)C)c3)cccc2[cH-]1.[Cl][Zr][Cl]. The summed E-state index contributed by atoms with van der Waals surface area (Å²) in [5.74, 6) is 0.557. The first kappa shape index (κ1) is 24.8. The van der Waals surface area contributed by atoms with Crippen molar-refractivity contribution in [1.29, 1.82) is 0 Å². The maximum atomic E-state index is 4.93. The van der Waals surface area contributed by atoms with Gasteiger partial charge in [0.25, 0.3) is 0 Å². The van der Waals surface area contributed by atoms with Crippen LogP contribution in [0.1, 0.15) is 78.0 Å². The zero-order valence-electron chi connectivity index (χ0n) is 19.0. The van der Waals surface area contributed by atoms with Crippen molar-refractivity contribution < 1.29 is 20.8 Å². The van der Waals surface area contributed by atoms with Crippen LogP contribution in [-0.2, 0) is 31.7 Å². The van der Waals surface area contributed by atoms with Gasteiger partial charge in [0.1, 0.15) is 0 Å². The van der Waals surface area contributed by atoms with Crippen molar-refractivity contribution in [3.05, 3.63) is 65.2 Å². The first-order chi connectivity index (χ1) is 13.4. The van der Waals surface area contributed by atoms with Gasteiger partial charge in [-0.3, -0.25) is 0 Å². The van der Waals surface area contributed by atoms with Crippen molar-refractivity contribution >= 4 is 27.8 Å². The molecule has 0 atom stereocenters. The molecule has 0 heterocycles. The number of hydrogen-bond donors (Lipinski definition) is 0. The van der Waals surface area contributed by atoms with E-state index < -0.39 is 20.8 Å². The van der Waals surface area contributed by atoms with E-state index in [1.807, 2.05) is 0 Å². The molecule has 0 aliphatic heterocycles. The molecule has 29 heavy (non-hydrogen) atoms. The zero-order chi connectivity index (χ0) is 22.0. The fraction of sp³-hybridized carbons (Fsp3) is 0.423. The van der Waals surface area contributed by atoms with Crippen LogP contribution in [0.25, 0.3) is 21.9 Å². The first-order valence-electron chi connectivity index (χ1n) is 10.2. The van der Waals surface area contributed by atoms with Gasteiger partial charge in [0, 0.05) is 0 Å². The Labute approximate surface area is 196 Å². The molecule has 0 nitrogen and oxygen atoms in total. The molecule has 0 aromatic heterocycles. The standard InChI is InChI=1S/C26H33.2ClH.Zr/c1-17(2)19-12-18-10-9-11-23(24(18)15-19)20-13-21(25(3,4)5)16-22(14-20)26(6,7)8;;;/h9-17H,1-8H3;2*1H;/q-1;;;+2/p-2. The van der Waals surface area contributed by atoms with E-state index in [1.54, 1.807) is 0 Å². The number of halogens is 2. The number of fused-ring (bicyclic) bond motifs is 1.